The van der Waals surface area contributed by atoms with Gasteiger partial charge in [0.15, 0.2) is 0 Å². The van der Waals surface area contributed by atoms with E-state index in [1.54, 1.807) is 43.8 Å². The molecule has 2 N–H and O–H groups in total. The number of carbonyl (C=O) groups excluding carboxylic acids is 1. The van der Waals surface area contributed by atoms with E-state index in [1.165, 1.54) is 12.1 Å². The van der Waals surface area contributed by atoms with E-state index in [0.29, 0.717) is 6.42 Å². The van der Waals surface area contributed by atoms with Crippen molar-refractivity contribution in [1.82, 2.24) is 15.0 Å². The van der Waals surface area contributed by atoms with Crippen molar-refractivity contribution < 1.29 is 17.9 Å². The molecule has 0 saturated heterocycles. The zero-order valence-electron chi connectivity index (χ0n) is 17.1. The van der Waals surface area contributed by atoms with Crippen molar-refractivity contribution >= 4 is 39.1 Å². The van der Waals surface area contributed by atoms with Gasteiger partial charge in [-0.25, -0.2) is 13.1 Å². The first-order chi connectivity index (χ1) is 15.3. The van der Waals surface area contributed by atoms with Crippen LogP contribution in [-0.2, 0) is 23.0 Å². The number of amides is 1. The lowest BCUT2D eigenvalue weighted by molar-refractivity contribution is 0.0951. The molecule has 168 valence electrons. The molecule has 0 unspecified atom stereocenters. The Morgan fingerprint density at radius 3 is 2.47 bits per heavy atom. The fourth-order valence-corrected chi connectivity index (χ4v) is 4.78. The normalized spacial score (nSPS) is 11.2. The van der Waals surface area contributed by atoms with E-state index in [4.69, 9.17) is 27.9 Å². The van der Waals surface area contributed by atoms with Gasteiger partial charge in [-0.2, -0.15) is 0 Å². The molecule has 0 bridgehead atoms. The van der Waals surface area contributed by atoms with Gasteiger partial charge in [0.2, 0.25) is 10.0 Å². The number of halogens is 2. The summed E-state index contributed by atoms with van der Waals surface area (Å²) in [5.74, 6) is 0.196. The van der Waals surface area contributed by atoms with Crippen molar-refractivity contribution in [2.75, 3.05) is 13.7 Å². The van der Waals surface area contributed by atoms with Crippen molar-refractivity contribution in [1.29, 1.82) is 0 Å². The molecular formula is C22H21Cl2N3O4S. The molecule has 1 aromatic heterocycles. The lowest BCUT2D eigenvalue weighted by atomic mass is 10.1. The maximum atomic E-state index is 12.8. The Balaban J connectivity index is 1.70. The second kappa shape index (κ2) is 10.8. The molecule has 0 aliphatic rings. The molecule has 32 heavy (non-hydrogen) atoms. The molecule has 0 atom stereocenters. The van der Waals surface area contributed by atoms with Crippen molar-refractivity contribution in [2.45, 2.75) is 17.9 Å². The van der Waals surface area contributed by atoms with Crippen LogP contribution in [-0.4, -0.2) is 33.0 Å². The molecule has 0 aliphatic carbocycles. The Bertz CT molecular complexity index is 1190. The molecule has 3 rings (SSSR count). The first kappa shape index (κ1) is 24.0. The second-order valence-electron chi connectivity index (χ2n) is 6.80. The number of nitrogens with one attached hydrogen (secondary N) is 2. The Morgan fingerprint density at radius 1 is 1.06 bits per heavy atom. The summed E-state index contributed by atoms with van der Waals surface area (Å²) in [5, 5.41) is 2.67. The predicted octanol–water partition coefficient (Wildman–Crippen LogP) is 3.85. The van der Waals surface area contributed by atoms with E-state index in [9.17, 15) is 13.2 Å². The van der Waals surface area contributed by atoms with E-state index >= 15 is 0 Å². The molecule has 0 saturated carbocycles. The van der Waals surface area contributed by atoms with Crippen molar-refractivity contribution in [3.05, 3.63) is 87.7 Å². The van der Waals surface area contributed by atoms with Gasteiger partial charge in [-0.3, -0.25) is 9.78 Å². The summed E-state index contributed by atoms with van der Waals surface area (Å²) in [5.41, 5.74) is 1.74. The molecule has 0 spiro atoms. The van der Waals surface area contributed by atoms with Crippen LogP contribution < -0.4 is 14.8 Å². The second-order valence-corrected chi connectivity index (χ2v) is 9.35. The topological polar surface area (TPSA) is 97.4 Å². The van der Waals surface area contributed by atoms with Gasteiger partial charge >= 0.3 is 0 Å². The zero-order valence-corrected chi connectivity index (χ0v) is 19.5. The minimum atomic E-state index is -3.97. The maximum Gasteiger partial charge on any atom is 0.253 e. The third-order valence-electron chi connectivity index (χ3n) is 4.60. The molecule has 1 amide bonds. The van der Waals surface area contributed by atoms with E-state index in [1.807, 2.05) is 12.1 Å². The number of hydrogen-bond acceptors (Lipinski definition) is 5. The first-order valence-electron chi connectivity index (χ1n) is 9.59. The molecule has 7 nitrogen and oxygen atoms in total. The highest BCUT2D eigenvalue weighted by molar-refractivity contribution is 7.89. The SMILES string of the molecule is COc1ccc(CCNS(=O)(=O)c2cc(C(=O)NCc3cccnc3)c(Cl)cc2Cl)cc1. The van der Waals surface area contributed by atoms with Crippen LogP contribution in [0.25, 0.3) is 0 Å². The van der Waals surface area contributed by atoms with Gasteiger partial charge in [0.05, 0.1) is 22.7 Å². The lowest BCUT2D eigenvalue weighted by Crippen LogP contribution is -2.27. The number of methoxy groups -OCH3 is 1. The zero-order chi connectivity index (χ0) is 23.1. The number of ether oxygens (including phenoxy) is 1. The van der Waals surface area contributed by atoms with Gasteiger partial charge in [-0.1, -0.05) is 41.4 Å². The Morgan fingerprint density at radius 2 is 1.81 bits per heavy atom. The molecule has 10 heteroatoms. The van der Waals surface area contributed by atoms with Gasteiger partial charge < -0.3 is 10.1 Å². The summed E-state index contributed by atoms with van der Waals surface area (Å²) in [6, 6.07) is 13.3. The number of sulfonamides is 1. The van der Waals surface area contributed by atoms with E-state index in [-0.39, 0.29) is 33.6 Å². The molecule has 0 radical (unpaired) electrons. The summed E-state index contributed by atoms with van der Waals surface area (Å²) in [6.07, 6.45) is 3.71. The van der Waals surface area contributed by atoms with Gasteiger partial charge in [0.1, 0.15) is 10.6 Å². The van der Waals surface area contributed by atoms with Gasteiger partial charge in [-0.05, 0) is 47.9 Å². The van der Waals surface area contributed by atoms with Gasteiger partial charge in [-0.15, -0.1) is 0 Å². The number of carbonyl (C=O) groups is 1. The minimum absolute atomic E-state index is 0.00971. The van der Waals surface area contributed by atoms with Crippen molar-refractivity contribution in [3.8, 4) is 5.75 Å². The monoisotopic (exact) mass is 493 g/mol. The number of aromatic nitrogens is 1. The number of rotatable bonds is 9. The lowest BCUT2D eigenvalue weighted by Gasteiger charge is -2.12. The fraction of sp³-hybridized carbons (Fsp3) is 0.182. The van der Waals surface area contributed by atoms with Crippen LogP contribution in [0.3, 0.4) is 0 Å². The summed E-state index contributed by atoms with van der Waals surface area (Å²) < 4.78 is 33.2. The van der Waals surface area contributed by atoms with Crippen LogP contribution in [0.5, 0.6) is 5.75 Å². The Hall–Kier alpha value is -2.65. The van der Waals surface area contributed by atoms with E-state index in [2.05, 4.69) is 15.0 Å². The molecular weight excluding hydrogens is 473 g/mol. The molecule has 0 aliphatic heterocycles. The summed E-state index contributed by atoms with van der Waals surface area (Å²) >= 11 is 12.3. The van der Waals surface area contributed by atoms with Gasteiger partial charge in [0, 0.05) is 25.5 Å². The average molecular weight is 494 g/mol. The van der Waals surface area contributed by atoms with Gasteiger partial charge in [0.25, 0.3) is 5.91 Å². The number of benzene rings is 2. The van der Waals surface area contributed by atoms with Crippen LogP contribution in [0, 0.1) is 0 Å². The quantitative estimate of drug-likeness (QED) is 0.471. The van der Waals surface area contributed by atoms with Crippen LogP contribution in [0.4, 0.5) is 0 Å². The molecule has 0 fully saturated rings. The summed E-state index contributed by atoms with van der Waals surface area (Å²) in [7, 11) is -2.39. The van der Waals surface area contributed by atoms with Crippen molar-refractivity contribution in [2.24, 2.45) is 0 Å². The first-order valence-corrected chi connectivity index (χ1v) is 11.8. The molecule has 1 heterocycles. The third kappa shape index (κ3) is 6.20. The average Bonchev–Trinajstić information content (AvgIpc) is 2.78. The molecule has 3 aromatic rings. The Kier molecular flexibility index (Phi) is 8.09. The van der Waals surface area contributed by atoms with E-state index < -0.39 is 15.9 Å². The Labute approximate surface area is 196 Å². The number of pyridine rings is 1. The maximum absolute atomic E-state index is 12.8. The smallest absolute Gasteiger partial charge is 0.253 e. The van der Waals surface area contributed by atoms with Crippen molar-refractivity contribution in [3.63, 3.8) is 0 Å². The highest BCUT2D eigenvalue weighted by Crippen LogP contribution is 2.29. The largest absolute Gasteiger partial charge is 0.497 e. The number of hydrogen-bond donors (Lipinski definition) is 2. The highest BCUT2D eigenvalue weighted by atomic mass is 35.5. The summed E-state index contributed by atoms with van der Waals surface area (Å²) in [4.78, 5) is 16.4. The van der Waals surface area contributed by atoms with E-state index in [0.717, 1.165) is 16.9 Å². The third-order valence-corrected chi connectivity index (χ3v) is 6.83. The minimum Gasteiger partial charge on any atom is -0.497 e. The fourth-order valence-electron chi connectivity index (χ4n) is 2.89. The van der Waals surface area contributed by atoms with Crippen LogP contribution in [0.15, 0.2) is 65.8 Å². The number of nitrogens with zero attached hydrogens (tertiary/aromatic N) is 1. The standard InChI is InChI=1S/C22H21Cl2N3O4S/c1-31-17-6-4-15(5-7-17)8-10-27-32(29,30)21-11-18(19(23)12-20(21)24)22(28)26-14-16-3-2-9-25-13-16/h2-7,9,11-13,27H,8,10,14H2,1H3,(H,26,28). The van der Waals surface area contributed by atoms with Crippen LogP contribution in [0.2, 0.25) is 10.0 Å². The predicted molar refractivity (Wildman–Crippen MR) is 124 cm³/mol. The summed E-state index contributed by atoms with van der Waals surface area (Å²) in [6.45, 7) is 0.365. The van der Waals surface area contributed by atoms with Crippen LogP contribution in [0.1, 0.15) is 21.5 Å². The molecule has 2 aromatic carbocycles. The van der Waals surface area contributed by atoms with Crippen LogP contribution >= 0.6 is 23.2 Å². The highest BCUT2D eigenvalue weighted by Gasteiger charge is 2.22.